The van der Waals surface area contributed by atoms with E-state index in [9.17, 15) is 0 Å². The van der Waals surface area contributed by atoms with Crippen LogP contribution in [0.5, 0.6) is 0 Å². The van der Waals surface area contributed by atoms with Crippen LogP contribution in [0.2, 0.25) is 0 Å². The smallest absolute Gasteiger partial charge is 0.0465 e. The molecule has 0 radical (unpaired) electrons. The van der Waals surface area contributed by atoms with E-state index in [4.69, 9.17) is 0 Å². The molecule has 17 rings (SSSR count). The highest BCUT2D eigenvalue weighted by Gasteiger charge is 2.48. The van der Waals surface area contributed by atoms with Crippen molar-refractivity contribution < 1.29 is 0 Å². The van der Waals surface area contributed by atoms with Crippen molar-refractivity contribution in [3.8, 4) is 77.9 Å². The topological polar surface area (TPSA) is 6.48 Å². The van der Waals surface area contributed by atoms with Gasteiger partial charge >= 0.3 is 0 Å². The van der Waals surface area contributed by atoms with E-state index in [0.29, 0.717) is 5.92 Å². The zero-order valence-electron chi connectivity index (χ0n) is 49.6. The number of rotatable bonds is 13. The molecular weight excluding hydrogens is 1050 g/mol. The van der Waals surface area contributed by atoms with Gasteiger partial charge in [0.25, 0.3) is 0 Å². The summed E-state index contributed by atoms with van der Waals surface area (Å²) in [6.45, 7) is 4.80. The third-order valence-corrected chi connectivity index (χ3v) is 20.2. The summed E-state index contributed by atoms with van der Waals surface area (Å²) in [5.74, 6) is 4.15. The first-order chi connectivity index (χ1) is 42.8. The minimum Gasteiger partial charge on any atom is -0.311 e. The molecule has 420 valence electrons. The van der Waals surface area contributed by atoms with Crippen LogP contribution >= 0.6 is 0 Å². The van der Waals surface area contributed by atoms with Crippen molar-refractivity contribution in [3.63, 3.8) is 0 Å². The largest absolute Gasteiger partial charge is 0.311 e. The van der Waals surface area contributed by atoms with Crippen LogP contribution in [0.4, 0.5) is 34.1 Å². The maximum Gasteiger partial charge on any atom is 0.0465 e. The summed E-state index contributed by atoms with van der Waals surface area (Å²) >= 11 is 0. The quantitative estimate of drug-likeness (QED) is 0.114. The second-order valence-corrected chi connectivity index (χ2v) is 25.7. The highest BCUT2D eigenvalue weighted by atomic mass is 15.1. The van der Waals surface area contributed by atoms with Crippen LogP contribution in [-0.4, -0.2) is 0 Å². The average Bonchev–Trinajstić information content (AvgIpc) is 1.97. The summed E-state index contributed by atoms with van der Waals surface area (Å²) in [4.78, 5) is 4.92. The Kier molecular flexibility index (Phi) is 13.3. The Labute approximate surface area is 513 Å². The summed E-state index contributed by atoms with van der Waals surface area (Å²) < 4.78 is 0. The van der Waals surface area contributed by atoms with Crippen LogP contribution in [0.1, 0.15) is 68.6 Å². The van der Waals surface area contributed by atoms with Gasteiger partial charge in [-0.05, 0) is 241 Å². The Morgan fingerprint density at radius 3 is 1.06 bits per heavy atom. The lowest BCUT2D eigenvalue weighted by atomic mass is 9.51. The maximum absolute atomic E-state index is 2.57. The van der Waals surface area contributed by atoms with Crippen molar-refractivity contribution in [2.45, 2.75) is 57.3 Å². The number of hydrogen-bond donors (Lipinski definition) is 0. The molecule has 12 aromatic carbocycles. The van der Waals surface area contributed by atoms with Crippen molar-refractivity contribution in [1.82, 2.24) is 0 Å². The van der Waals surface area contributed by atoms with Gasteiger partial charge in [-0.1, -0.05) is 226 Å². The molecule has 4 saturated carbocycles. The van der Waals surface area contributed by atoms with Crippen LogP contribution in [0.15, 0.2) is 297 Å². The predicted octanol–water partition coefficient (Wildman–Crippen LogP) is 23.5. The molecule has 4 bridgehead atoms. The van der Waals surface area contributed by atoms with Gasteiger partial charge in [-0.25, -0.2) is 0 Å². The van der Waals surface area contributed by atoms with Crippen molar-refractivity contribution in [3.05, 3.63) is 314 Å². The lowest BCUT2D eigenvalue weighted by Crippen LogP contribution is -2.43. The van der Waals surface area contributed by atoms with E-state index >= 15 is 0 Å². The molecule has 0 heterocycles. The first kappa shape index (κ1) is 52.8. The van der Waals surface area contributed by atoms with Crippen LogP contribution in [0.3, 0.4) is 0 Å². The van der Waals surface area contributed by atoms with Crippen molar-refractivity contribution in [2.75, 3.05) is 9.80 Å². The predicted molar refractivity (Wildman–Crippen MR) is 366 cm³/mol. The summed E-state index contributed by atoms with van der Waals surface area (Å²) in [6, 6.07) is 111. The van der Waals surface area contributed by atoms with E-state index in [0.717, 1.165) is 52.0 Å². The molecule has 5 aliphatic rings. The van der Waals surface area contributed by atoms with Crippen LogP contribution in [0, 0.1) is 23.7 Å². The van der Waals surface area contributed by atoms with Crippen molar-refractivity contribution in [1.29, 1.82) is 0 Å². The number of hydrogen-bond acceptors (Lipinski definition) is 2. The molecule has 12 aromatic rings. The Morgan fingerprint density at radius 2 is 0.598 bits per heavy atom. The van der Waals surface area contributed by atoms with Gasteiger partial charge in [0.05, 0.1) is 0 Å². The van der Waals surface area contributed by atoms with Gasteiger partial charge < -0.3 is 9.80 Å². The minimum atomic E-state index is -0.121. The molecule has 87 heavy (non-hydrogen) atoms. The number of benzene rings is 12. The molecule has 2 nitrogen and oxygen atoms in total. The molecule has 4 fully saturated rings. The summed E-state index contributed by atoms with van der Waals surface area (Å²) in [5.41, 5.74) is 28.0. The van der Waals surface area contributed by atoms with Gasteiger partial charge in [-0.2, -0.15) is 0 Å². The maximum atomic E-state index is 2.57. The zero-order valence-corrected chi connectivity index (χ0v) is 49.6. The van der Waals surface area contributed by atoms with Crippen LogP contribution in [0.25, 0.3) is 77.9 Å². The molecule has 0 amide bonds. The molecule has 5 aliphatic carbocycles. The molecule has 0 saturated heterocycles. The van der Waals surface area contributed by atoms with Crippen molar-refractivity contribution >= 4 is 34.1 Å². The average molecular weight is 1120 g/mol. The molecule has 0 spiro atoms. The summed E-state index contributed by atoms with van der Waals surface area (Å²) in [6.07, 6.45) is 7.11. The fourth-order valence-electron chi connectivity index (χ4n) is 16.3. The Hall–Kier alpha value is -9.76. The lowest BCUT2D eigenvalue weighted by Gasteiger charge is -2.54. The standard InChI is InChI=1S/C85H70N2/c1-85(2)82-29-16-15-28-76(82)77-47-46-75(54-83(77)85)87(74-27-17-26-67(53-74)84-68-49-57-48-58(51-68)52-69(84)50-57)73-44-36-66(37-45-73)81-56-78(63-22-11-5-12-23-63)80(55-79(81)64-24-13-6-14-25-64)65-34-42-72(43-35-65)86(70-38-30-61(31-39-70)59-18-7-3-8-19-59)71-40-32-62(33-41-71)60-20-9-4-10-21-60/h3-47,53-58,68-69,84H,48-52H2,1-2H3. The van der Waals surface area contributed by atoms with E-state index in [-0.39, 0.29) is 5.41 Å². The van der Waals surface area contributed by atoms with Gasteiger partial charge in [0.2, 0.25) is 0 Å². The van der Waals surface area contributed by atoms with E-state index in [1.54, 1.807) is 0 Å². The SMILES string of the molecule is CC1(C)c2ccccc2-c2ccc(N(c3ccc(-c4cc(-c5ccccc5)c(-c5ccc(N(c6ccc(-c7ccccc7)cc6)c6ccc(-c7ccccc7)cc6)cc5)cc4-c4ccccc4)cc3)c3cccc(C4C5CC6CC(C5)CC4C6)c3)cc21. The first-order valence-corrected chi connectivity index (χ1v) is 31.6. The normalized spacial score (nSPS) is 18.4. The number of nitrogens with zero attached hydrogens (tertiary/aromatic N) is 2. The zero-order chi connectivity index (χ0) is 58.0. The van der Waals surface area contributed by atoms with E-state index in [2.05, 4.69) is 321 Å². The van der Waals surface area contributed by atoms with Gasteiger partial charge in [0, 0.05) is 39.5 Å². The molecule has 2 heteroatoms. The molecule has 0 unspecified atom stereocenters. The second-order valence-electron chi connectivity index (χ2n) is 25.7. The minimum absolute atomic E-state index is 0.121. The molecule has 0 aromatic heterocycles. The Bertz CT molecular complexity index is 4320. The summed E-state index contributed by atoms with van der Waals surface area (Å²) in [5, 5.41) is 0. The lowest BCUT2D eigenvalue weighted by molar-refractivity contribution is -0.00276. The van der Waals surface area contributed by atoms with E-state index in [1.807, 2.05) is 0 Å². The monoisotopic (exact) mass is 1120 g/mol. The highest BCUT2D eigenvalue weighted by Crippen LogP contribution is 2.60. The highest BCUT2D eigenvalue weighted by molar-refractivity contribution is 5.96. The second kappa shape index (κ2) is 21.9. The first-order valence-electron chi connectivity index (χ1n) is 31.6. The van der Waals surface area contributed by atoms with Gasteiger partial charge in [0.15, 0.2) is 0 Å². The summed E-state index contributed by atoms with van der Waals surface area (Å²) in [7, 11) is 0. The molecular formula is C85H70N2. The van der Waals surface area contributed by atoms with E-state index in [1.165, 1.54) is 132 Å². The van der Waals surface area contributed by atoms with Crippen LogP contribution < -0.4 is 9.80 Å². The molecule has 0 aliphatic heterocycles. The molecule has 0 N–H and O–H groups in total. The van der Waals surface area contributed by atoms with Crippen molar-refractivity contribution in [2.24, 2.45) is 23.7 Å². The van der Waals surface area contributed by atoms with E-state index < -0.39 is 0 Å². The number of fused-ring (bicyclic) bond motifs is 3. The third kappa shape index (κ3) is 9.69. The van der Waals surface area contributed by atoms with Gasteiger partial charge in [-0.15, -0.1) is 0 Å². The third-order valence-electron chi connectivity index (χ3n) is 20.2. The molecule has 0 atom stereocenters. The number of anilines is 6. The fraction of sp³-hybridized carbons (Fsp3) is 0.153. The Morgan fingerprint density at radius 1 is 0.253 bits per heavy atom. The van der Waals surface area contributed by atoms with Crippen LogP contribution in [-0.2, 0) is 5.41 Å². The Balaban J connectivity index is 0.796. The fourth-order valence-corrected chi connectivity index (χ4v) is 16.3. The van der Waals surface area contributed by atoms with Gasteiger partial charge in [-0.3, -0.25) is 0 Å². The van der Waals surface area contributed by atoms with Gasteiger partial charge in [0.1, 0.15) is 0 Å².